The Morgan fingerprint density at radius 1 is 1.40 bits per heavy atom. The zero-order valence-corrected chi connectivity index (χ0v) is 9.20. The second-order valence-corrected chi connectivity index (χ2v) is 4.07. The van der Waals surface area contributed by atoms with Crippen molar-refractivity contribution in [2.45, 2.75) is 13.5 Å². The summed E-state index contributed by atoms with van der Waals surface area (Å²) in [6.45, 7) is 2.69. The molecule has 1 aromatic carbocycles. The van der Waals surface area contributed by atoms with E-state index < -0.39 is 0 Å². The summed E-state index contributed by atoms with van der Waals surface area (Å²) in [6.07, 6.45) is 0. The summed E-state index contributed by atoms with van der Waals surface area (Å²) in [6, 6.07) is 3.79. The van der Waals surface area contributed by atoms with E-state index in [-0.39, 0.29) is 5.75 Å². The average molecular weight is 205 g/mol. The minimum absolute atomic E-state index is 0.244. The fourth-order valence-electron chi connectivity index (χ4n) is 1.74. The van der Waals surface area contributed by atoms with Crippen molar-refractivity contribution < 1.29 is 5.11 Å². The van der Waals surface area contributed by atoms with Crippen molar-refractivity contribution in [3.8, 4) is 5.75 Å². The van der Waals surface area contributed by atoms with E-state index in [0.717, 1.165) is 23.4 Å². The summed E-state index contributed by atoms with van der Waals surface area (Å²) in [5.74, 6) is 1.07. The Hall–Kier alpha value is -1.55. The van der Waals surface area contributed by atoms with Gasteiger partial charge in [0.1, 0.15) is 17.1 Å². The number of H-pyrrole nitrogens is 1. The number of aryl methyl sites for hydroxylation is 1. The van der Waals surface area contributed by atoms with Crippen LogP contribution in [0.3, 0.4) is 0 Å². The molecule has 0 radical (unpaired) electrons. The second-order valence-electron chi connectivity index (χ2n) is 4.07. The molecule has 15 heavy (non-hydrogen) atoms. The van der Waals surface area contributed by atoms with Crippen molar-refractivity contribution in [3.63, 3.8) is 0 Å². The topological polar surface area (TPSA) is 52.2 Å². The maximum absolute atomic E-state index is 9.78. The minimum Gasteiger partial charge on any atom is -0.506 e. The van der Waals surface area contributed by atoms with Gasteiger partial charge < -0.3 is 15.0 Å². The molecule has 1 aromatic heterocycles. The molecule has 0 bridgehead atoms. The van der Waals surface area contributed by atoms with Gasteiger partial charge in [-0.15, -0.1) is 0 Å². The molecule has 1 heterocycles. The zero-order chi connectivity index (χ0) is 11.0. The highest BCUT2D eigenvalue weighted by Gasteiger charge is 2.07. The SMILES string of the molecule is Cc1nc2c(O)cc(CN(C)C)cc2[nH]1. The number of benzene rings is 1. The summed E-state index contributed by atoms with van der Waals surface area (Å²) < 4.78 is 0. The number of nitrogens with one attached hydrogen (secondary N) is 1. The van der Waals surface area contributed by atoms with E-state index in [1.54, 1.807) is 6.07 Å². The van der Waals surface area contributed by atoms with Crippen LogP contribution in [-0.2, 0) is 6.54 Å². The van der Waals surface area contributed by atoms with Crippen LogP contribution in [0.25, 0.3) is 11.0 Å². The molecule has 0 aliphatic carbocycles. The van der Waals surface area contributed by atoms with Gasteiger partial charge in [-0.3, -0.25) is 0 Å². The molecular formula is C11H15N3O. The van der Waals surface area contributed by atoms with Crippen LogP contribution in [0.1, 0.15) is 11.4 Å². The van der Waals surface area contributed by atoms with Crippen LogP contribution in [0.15, 0.2) is 12.1 Å². The second kappa shape index (κ2) is 3.55. The highest BCUT2D eigenvalue weighted by atomic mass is 16.3. The molecule has 80 valence electrons. The standard InChI is InChI=1S/C11H15N3O/c1-7-12-9-4-8(6-14(2)3)5-10(15)11(9)13-7/h4-5,15H,6H2,1-3H3,(H,12,13). The Morgan fingerprint density at radius 2 is 2.13 bits per heavy atom. The van der Waals surface area contributed by atoms with Gasteiger partial charge in [-0.25, -0.2) is 4.98 Å². The van der Waals surface area contributed by atoms with Crippen LogP contribution in [0.4, 0.5) is 0 Å². The summed E-state index contributed by atoms with van der Waals surface area (Å²) in [5, 5.41) is 9.78. The van der Waals surface area contributed by atoms with Gasteiger partial charge in [0.15, 0.2) is 0 Å². The normalized spacial score (nSPS) is 11.5. The van der Waals surface area contributed by atoms with Gasteiger partial charge in [0, 0.05) is 6.54 Å². The van der Waals surface area contributed by atoms with Gasteiger partial charge in [0.25, 0.3) is 0 Å². The number of nitrogens with zero attached hydrogens (tertiary/aromatic N) is 2. The van der Waals surface area contributed by atoms with E-state index in [2.05, 4.69) is 14.9 Å². The number of rotatable bonds is 2. The molecule has 4 heteroatoms. The Bertz CT molecular complexity index is 488. The van der Waals surface area contributed by atoms with Crippen molar-refractivity contribution in [1.82, 2.24) is 14.9 Å². The summed E-state index contributed by atoms with van der Waals surface area (Å²) in [7, 11) is 4.00. The first-order valence-corrected chi connectivity index (χ1v) is 4.89. The number of phenolic OH excluding ortho intramolecular Hbond substituents is 1. The number of phenols is 1. The molecule has 0 fully saturated rings. The van der Waals surface area contributed by atoms with Crippen molar-refractivity contribution in [1.29, 1.82) is 0 Å². The van der Waals surface area contributed by atoms with Crippen LogP contribution in [0, 0.1) is 6.92 Å². The lowest BCUT2D eigenvalue weighted by Crippen LogP contribution is -2.10. The summed E-state index contributed by atoms with van der Waals surface area (Å²) >= 11 is 0. The highest BCUT2D eigenvalue weighted by Crippen LogP contribution is 2.24. The number of aromatic hydroxyl groups is 1. The third kappa shape index (κ3) is 1.94. The largest absolute Gasteiger partial charge is 0.506 e. The number of aromatic amines is 1. The smallest absolute Gasteiger partial charge is 0.143 e. The fraction of sp³-hybridized carbons (Fsp3) is 0.364. The Morgan fingerprint density at radius 3 is 2.80 bits per heavy atom. The number of hydrogen-bond donors (Lipinski definition) is 2. The quantitative estimate of drug-likeness (QED) is 0.783. The maximum Gasteiger partial charge on any atom is 0.143 e. The van der Waals surface area contributed by atoms with Crippen LogP contribution >= 0.6 is 0 Å². The number of imidazole rings is 1. The van der Waals surface area contributed by atoms with Crippen molar-refractivity contribution in [2.24, 2.45) is 0 Å². The van der Waals surface area contributed by atoms with E-state index in [4.69, 9.17) is 0 Å². The molecule has 2 rings (SSSR count). The Labute approximate surface area is 88.6 Å². The van der Waals surface area contributed by atoms with Gasteiger partial charge in [0.05, 0.1) is 5.52 Å². The van der Waals surface area contributed by atoms with E-state index in [9.17, 15) is 5.11 Å². The predicted octanol–water partition coefficient (Wildman–Crippen LogP) is 1.64. The molecule has 0 spiro atoms. The Kier molecular flexibility index (Phi) is 2.36. The molecule has 0 unspecified atom stereocenters. The molecule has 0 aliphatic rings. The lowest BCUT2D eigenvalue weighted by atomic mass is 10.2. The first-order chi connectivity index (χ1) is 7.06. The fourth-order valence-corrected chi connectivity index (χ4v) is 1.74. The van der Waals surface area contributed by atoms with E-state index in [1.807, 2.05) is 27.1 Å². The van der Waals surface area contributed by atoms with E-state index >= 15 is 0 Å². The maximum atomic E-state index is 9.78. The lowest BCUT2D eigenvalue weighted by molar-refractivity contribution is 0.401. The monoisotopic (exact) mass is 205 g/mol. The first-order valence-electron chi connectivity index (χ1n) is 4.89. The number of fused-ring (bicyclic) bond motifs is 1. The van der Waals surface area contributed by atoms with Gasteiger partial charge in [-0.1, -0.05) is 0 Å². The lowest BCUT2D eigenvalue weighted by Gasteiger charge is -2.09. The average Bonchev–Trinajstić information content (AvgIpc) is 2.44. The van der Waals surface area contributed by atoms with Crippen LogP contribution < -0.4 is 0 Å². The zero-order valence-electron chi connectivity index (χ0n) is 9.20. The molecule has 4 nitrogen and oxygen atoms in total. The van der Waals surface area contributed by atoms with Gasteiger partial charge in [-0.2, -0.15) is 0 Å². The van der Waals surface area contributed by atoms with Gasteiger partial charge in [-0.05, 0) is 38.7 Å². The van der Waals surface area contributed by atoms with Crippen molar-refractivity contribution in [3.05, 3.63) is 23.5 Å². The van der Waals surface area contributed by atoms with E-state index in [0.29, 0.717) is 5.52 Å². The predicted molar refractivity (Wildman–Crippen MR) is 59.9 cm³/mol. The molecule has 0 saturated heterocycles. The molecule has 0 amide bonds. The van der Waals surface area contributed by atoms with Gasteiger partial charge >= 0.3 is 0 Å². The number of hydrogen-bond acceptors (Lipinski definition) is 3. The third-order valence-corrected chi connectivity index (χ3v) is 2.24. The van der Waals surface area contributed by atoms with Crippen molar-refractivity contribution >= 4 is 11.0 Å². The van der Waals surface area contributed by atoms with Crippen LogP contribution in [0.2, 0.25) is 0 Å². The first kappa shape index (κ1) is 9.98. The van der Waals surface area contributed by atoms with Gasteiger partial charge in [0.2, 0.25) is 0 Å². The van der Waals surface area contributed by atoms with Crippen molar-refractivity contribution in [2.75, 3.05) is 14.1 Å². The minimum atomic E-state index is 0.244. The van der Waals surface area contributed by atoms with E-state index in [1.165, 1.54) is 0 Å². The molecule has 0 saturated carbocycles. The summed E-state index contributed by atoms with van der Waals surface area (Å²) in [5.41, 5.74) is 2.62. The van der Waals surface area contributed by atoms with Crippen LogP contribution in [0.5, 0.6) is 5.75 Å². The molecule has 2 N–H and O–H groups in total. The Balaban J connectivity index is 2.51. The number of aromatic nitrogens is 2. The molecule has 0 atom stereocenters. The molecular weight excluding hydrogens is 190 g/mol. The molecule has 2 aromatic rings. The van der Waals surface area contributed by atoms with Crippen LogP contribution in [-0.4, -0.2) is 34.1 Å². The highest BCUT2D eigenvalue weighted by molar-refractivity contribution is 5.82. The third-order valence-electron chi connectivity index (χ3n) is 2.24. The summed E-state index contributed by atoms with van der Waals surface area (Å²) in [4.78, 5) is 9.40. The molecule has 0 aliphatic heterocycles.